The first kappa shape index (κ1) is 74.3. The zero-order valence-electron chi connectivity index (χ0n) is 80.4. The molecule has 25 rings (SSSR count). The Bertz CT molecular complexity index is 9040. The molecule has 0 fully saturated rings. The minimum absolute atomic E-state index is 0.0733. The summed E-state index contributed by atoms with van der Waals surface area (Å²) < 4.78 is 89.6. The van der Waals surface area contributed by atoms with Crippen LogP contribution in [0.4, 0.5) is 0 Å². The van der Waals surface area contributed by atoms with Gasteiger partial charge in [0.15, 0.2) is 31.0 Å². The fraction of sp³-hybridized carbons (Fsp3) is 0.130. The van der Waals surface area contributed by atoms with Crippen LogP contribution in [-0.2, 0) is 35.2 Å². The van der Waals surface area contributed by atoms with Gasteiger partial charge in [0.05, 0.1) is 83.6 Å². The highest BCUT2D eigenvalue weighted by atomic mass is 16.3. The molecule has 0 aliphatic heterocycles. The summed E-state index contributed by atoms with van der Waals surface area (Å²) in [5.74, 6) is 0. The van der Waals surface area contributed by atoms with Crippen molar-refractivity contribution in [3.8, 4) is 56.3 Å². The van der Waals surface area contributed by atoms with Crippen LogP contribution in [0.25, 0.3) is 220 Å². The Morgan fingerprint density at radius 1 is 0.238 bits per heavy atom. The van der Waals surface area contributed by atoms with Gasteiger partial charge in [-0.1, -0.05) is 176 Å². The first-order chi connectivity index (χ1) is 65.6. The maximum atomic E-state index is 8.12. The third kappa shape index (κ3) is 13.6. The van der Waals surface area contributed by atoms with Crippen LogP contribution in [0.2, 0.25) is 0 Å². The molecule has 0 bridgehead atoms. The van der Waals surface area contributed by atoms with E-state index >= 15 is 0 Å². The van der Waals surface area contributed by atoms with Gasteiger partial charge in [-0.3, -0.25) is 19.9 Å². The summed E-state index contributed by atoms with van der Waals surface area (Å²) >= 11 is 0. The van der Waals surface area contributed by atoms with Gasteiger partial charge in [-0.2, -0.15) is 22.8 Å². The van der Waals surface area contributed by atoms with E-state index in [-0.39, 0.29) is 5.69 Å². The van der Waals surface area contributed by atoms with Crippen LogP contribution < -0.4 is 22.8 Å². The number of fused-ring (bicyclic) bond motifs is 25. The Morgan fingerprint density at radius 3 is 0.908 bits per heavy atom. The lowest BCUT2D eigenvalue weighted by molar-refractivity contribution is -0.661. The highest BCUT2D eigenvalue weighted by Crippen LogP contribution is 2.48. The van der Waals surface area contributed by atoms with Crippen LogP contribution in [0.5, 0.6) is 0 Å². The summed E-state index contributed by atoms with van der Waals surface area (Å²) in [7, 11) is 9.91. The average Bonchev–Trinajstić information content (AvgIpc) is 1.57. The first-order valence-corrected chi connectivity index (χ1v) is 43.5. The number of nitrogens with zero attached hydrogens (tertiary/aromatic N) is 10. The molecule has 10 heterocycles. The maximum absolute atomic E-state index is 8.12. The van der Waals surface area contributed by atoms with Crippen LogP contribution in [0, 0.1) is 69.1 Å². The van der Waals surface area contributed by atoms with Crippen molar-refractivity contribution in [1.29, 1.82) is 0 Å². The van der Waals surface area contributed by atoms with Gasteiger partial charge in [0.2, 0.25) is 28.5 Å². The molecule has 0 aliphatic rings. The van der Waals surface area contributed by atoms with Crippen molar-refractivity contribution in [3.05, 3.63) is 361 Å². The minimum atomic E-state index is -2.25. The second kappa shape index (κ2) is 32.5. The lowest BCUT2D eigenvalue weighted by atomic mass is 9.96. The second-order valence-corrected chi connectivity index (χ2v) is 34.1. The summed E-state index contributed by atoms with van der Waals surface area (Å²) in [4.78, 5) is 21.5. The lowest BCUT2D eigenvalue weighted by Crippen LogP contribution is -2.31. The van der Waals surface area contributed by atoms with Crippen LogP contribution in [0.1, 0.15) is 64.0 Å². The molecule has 0 radical (unpaired) electrons. The topological polar surface area (TPSA) is 150 Å². The van der Waals surface area contributed by atoms with Crippen molar-refractivity contribution in [2.24, 2.45) is 35.2 Å². The Kier molecular flexibility index (Phi) is 18.5. The second-order valence-electron chi connectivity index (χ2n) is 34.1. The zero-order valence-corrected chi connectivity index (χ0v) is 74.4. The molecule has 15 heteroatoms. The predicted octanol–water partition coefficient (Wildman–Crippen LogP) is 26.2. The molecule has 0 N–H and O–H groups in total. The van der Waals surface area contributed by atoms with Gasteiger partial charge < -0.3 is 22.1 Å². The van der Waals surface area contributed by atoms with Gasteiger partial charge in [0, 0.05) is 89.0 Å². The van der Waals surface area contributed by atoms with Crippen molar-refractivity contribution >= 4 is 164 Å². The molecule has 0 atom stereocenters. The third-order valence-electron chi connectivity index (χ3n) is 26.1. The standard InChI is InChI=1S/5C23H19N2O/c1-14-8-10-19-18-11-9-16-6-4-5-7-17(16)22(18)26-23(19)21(14)20-12-24-15(2)13-25(20)3;2*1-14-12-19-18-9-8-16-6-4-5-7-17(16)22(18)26-23(19)21(15(14)2)20-13-24-10-11-25(20)3;2*1-14-12-15(2)21(19-13-24-10-11-25(19)3)23-20(14)18-9-8-16-6-4-5-7-17(16)22(18)26-23/h5*4-13H,1-3H3/q5*+1/i2D3;;;1D3;. The van der Waals surface area contributed by atoms with Crippen molar-refractivity contribution in [3.63, 3.8) is 0 Å². The minimum Gasteiger partial charge on any atom is -0.454 e. The summed E-state index contributed by atoms with van der Waals surface area (Å²) in [5.41, 5.74) is 28.3. The van der Waals surface area contributed by atoms with Crippen LogP contribution in [0.3, 0.4) is 0 Å². The van der Waals surface area contributed by atoms with Gasteiger partial charge >= 0.3 is 0 Å². The predicted molar refractivity (Wildman–Crippen MR) is 526 cm³/mol. The van der Waals surface area contributed by atoms with E-state index in [1.807, 2.05) is 150 Å². The number of aryl methyl sites for hydroxylation is 13. The Hall–Kier alpha value is -16.0. The van der Waals surface area contributed by atoms with Gasteiger partial charge in [0.1, 0.15) is 96.8 Å². The van der Waals surface area contributed by atoms with E-state index in [1.54, 1.807) is 49.4 Å². The van der Waals surface area contributed by atoms with E-state index in [2.05, 4.69) is 244 Å². The van der Waals surface area contributed by atoms with E-state index in [9.17, 15) is 0 Å². The highest BCUT2D eigenvalue weighted by molar-refractivity contribution is 6.23. The summed E-state index contributed by atoms with van der Waals surface area (Å²) in [6.45, 7) is 12.4. The normalized spacial score (nSPS) is 12.5. The largest absolute Gasteiger partial charge is 0.454 e. The molecule has 15 aromatic carbocycles. The fourth-order valence-electron chi connectivity index (χ4n) is 19.2. The first-order valence-electron chi connectivity index (χ1n) is 46.5. The number of furan rings is 5. The molecule has 130 heavy (non-hydrogen) atoms. The van der Waals surface area contributed by atoms with Crippen LogP contribution in [-0.4, -0.2) is 24.9 Å². The lowest BCUT2D eigenvalue weighted by Gasteiger charge is -2.08. The van der Waals surface area contributed by atoms with Crippen molar-refractivity contribution in [1.82, 2.24) is 24.9 Å². The van der Waals surface area contributed by atoms with Crippen molar-refractivity contribution in [2.45, 2.75) is 69.1 Å². The molecular formula is C115H95N10O5+5. The molecule has 0 amide bonds. The Labute approximate surface area is 758 Å². The van der Waals surface area contributed by atoms with Crippen molar-refractivity contribution in [2.75, 3.05) is 0 Å². The van der Waals surface area contributed by atoms with E-state index in [0.717, 1.165) is 187 Å². The quantitative estimate of drug-likeness (QED) is 0.152. The molecule has 25 aromatic rings. The van der Waals surface area contributed by atoms with E-state index < -0.39 is 13.7 Å². The molecular weight excluding hydrogens is 1600 g/mol. The van der Waals surface area contributed by atoms with Crippen molar-refractivity contribution < 1.29 is 53.1 Å². The van der Waals surface area contributed by atoms with E-state index in [4.69, 9.17) is 30.3 Å². The maximum Gasteiger partial charge on any atom is 0.234 e. The molecule has 0 saturated heterocycles. The number of benzene rings is 15. The van der Waals surface area contributed by atoms with Gasteiger partial charge in [-0.05, 0) is 189 Å². The fourth-order valence-corrected chi connectivity index (χ4v) is 19.2. The van der Waals surface area contributed by atoms with Gasteiger partial charge in [-0.25, -0.2) is 4.98 Å². The molecule has 15 nitrogen and oxygen atoms in total. The summed E-state index contributed by atoms with van der Waals surface area (Å²) in [5, 5.41) is 21.8. The van der Waals surface area contributed by atoms with Gasteiger partial charge in [-0.15, -0.1) is 0 Å². The number of rotatable bonds is 5. The summed E-state index contributed by atoms with van der Waals surface area (Å²) in [6, 6.07) is 75.2. The monoisotopic (exact) mass is 1700 g/mol. The smallest absolute Gasteiger partial charge is 0.234 e. The van der Waals surface area contributed by atoms with Crippen LogP contribution in [0.15, 0.2) is 327 Å². The zero-order chi connectivity index (χ0) is 94.2. The van der Waals surface area contributed by atoms with Gasteiger partial charge in [0.25, 0.3) is 0 Å². The summed E-state index contributed by atoms with van der Waals surface area (Å²) in [6.07, 6.45) is 25.6. The molecule has 0 aliphatic carbocycles. The SMILES string of the molecule is Cc1cc(C)c2c(oc3c4ccccc4ccc32)c1-c1cncc[n+]1C.Cc1cc2c(oc3c4ccccc4ccc23)c(-c2cncc[n+]2C)c1C.Cc1cc2c(oc3c4ccccc4ccc23)c(-c2cncc[n+]2C)c1C.[2H]C([2H])([2H])c1c[n+](C)c(-c2c(C)ccc3c2oc2c4ccccc4ccc32)cn1.[2H]C([2H])([2H])c1cc(C)c(-c2cncc[n+]2C)c2oc3c4ccccc4ccc3c12. The Morgan fingerprint density at radius 2 is 0.538 bits per heavy atom. The van der Waals surface area contributed by atoms with Crippen LogP contribution >= 0.6 is 0 Å². The molecule has 0 saturated carbocycles. The Balaban J connectivity index is 0.000000102. The number of aromatic nitrogens is 10. The highest BCUT2D eigenvalue weighted by Gasteiger charge is 2.30. The van der Waals surface area contributed by atoms with E-state index in [1.165, 1.54) is 60.3 Å². The number of hydrogen-bond acceptors (Lipinski definition) is 10. The molecule has 10 aromatic heterocycles. The average molecular weight is 1700 g/mol. The molecule has 0 spiro atoms. The third-order valence-corrected chi connectivity index (χ3v) is 26.1. The number of hydrogen-bond donors (Lipinski definition) is 0. The van der Waals surface area contributed by atoms with E-state index in [0.29, 0.717) is 22.1 Å². The molecule has 0 unspecified atom stereocenters. The molecule has 630 valence electrons.